The first-order valence-electron chi connectivity index (χ1n) is 1.99. The molecular weight excluding hydrogens is 132 g/mol. The van der Waals surface area contributed by atoms with E-state index < -0.39 is 0 Å². The topological polar surface area (TPSA) is 18.5 Å². The minimum atomic E-state index is 0.720. The van der Waals surface area contributed by atoms with Gasteiger partial charge in [0.2, 0.25) is 0 Å². The van der Waals surface area contributed by atoms with Crippen LogP contribution in [-0.4, -0.2) is 18.3 Å². The van der Waals surface area contributed by atoms with Gasteiger partial charge in [-0.3, -0.25) is 0 Å². The minimum absolute atomic E-state index is 0.720. The standard InChI is InChI=1S/C3H6O2S2/c1-2-5-7-3-6-4-1/h1-3H2. The van der Waals surface area contributed by atoms with Crippen molar-refractivity contribution in [3.63, 3.8) is 0 Å². The molecule has 0 N–H and O–H groups in total. The average molecular weight is 138 g/mol. The van der Waals surface area contributed by atoms with E-state index in [2.05, 4.69) is 0 Å². The quantitative estimate of drug-likeness (QED) is 0.469. The zero-order valence-corrected chi connectivity index (χ0v) is 5.39. The van der Waals surface area contributed by atoms with Crippen LogP contribution < -0.4 is 0 Å². The monoisotopic (exact) mass is 138 g/mol. The fourth-order valence-corrected chi connectivity index (χ4v) is 1.35. The van der Waals surface area contributed by atoms with Gasteiger partial charge in [0.25, 0.3) is 0 Å². The molecule has 0 atom stereocenters. The number of rotatable bonds is 0. The smallest absolute Gasteiger partial charge is 0.0919 e. The summed E-state index contributed by atoms with van der Waals surface area (Å²) in [5.74, 6) is 0. The second-order valence-electron chi connectivity index (χ2n) is 0.998. The highest BCUT2D eigenvalue weighted by Gasteiger charge is 1.96. The first kappa shape index (κ1) is 5.75. The fraction of sp³-hybridized carbons (Fsp3) is 1.00. The predicted octanol–water partition coefficient (Wildman–Crippen LogP) is 1.29. The lowest BCUT2D eigenvalue weighted by molar-refractivity contribution is 0.273. The van der Waals surface area contributed by atoms with Crippen LogP contribution in [0.4, 0.5) is 0 Å². The third kappa shape index (κ3) is 2.43. The van der Waals surface area contributed by atoms with Crippen LogP contribution in [0, 0.1) is 0 Å². The maximum Gasteiger partial charge on any atom is 0.0919 e. The van der Waals surface area contributed by atoms with E-state index in [0.29, 0.717) is 0 Å². The lowest BCUT2D eigenvalue weighted by atomic mass is 10.8. The van der Waals surface area contributed by atoms with E-state index in [9.17, 15) is 0 Å². The van der Waals surface area contributed by atoms with Crippen molar-refractivity contribution in [1.82, 2.24) is 0 Å². The predicted molar refractivity (Wildman–Crippen MR) is 32.0 cm³/mol. The molecule has 0 unspecified atom stereocenters. The van der Waals surface area contributed by atoms with Crippen LogP contribution in [0.2, 0.25) is 0 Å². The van der Waals surface area contributed by atoms with E-state index in [4.69, 9.17) is 8.37 Å². The molecule has 0 aliphatic carbocycles. The molecule has 2 nitrogen and oxygen atoms in total. The molecule has 0 aromatic carbocycles. The van der Waals surface area contributed by atoms with Crippen LogP contribution in [-0.2, 0) is 8.37 Å². The Labute approximate surface area is 51.4 Å². The van der Waals surface area contributed by atoms with Crippen molar-refractivity contribution in [2.24, 2.45) is 0 Å². The summed E-state index contributed by atoms with van der Waals surface area (Å²) in [5, 5.41) is 0.889. The Balaban J connectivity index is 2.04. The molecule has 1 aliphatic heterocycles. The van der Waals surface area contributed by atoms with E-state index in [1.807, 2.05) is 0 Å². The molecular formula is C3H6O2S2. The normalized spacial score (nSPS) is 24.0. The molecule has 0 saturated carbocycles. The zero-order chi connectivity index (χ0) is 4.95. The molecule has 0 spiro atoms. The van der Waals surface area contributed by atoms with Gasteiger partial charge in [-0.1, -0.05) is 0 Å². The van der Waals surface area contributed by atoms with Crippen LogP contribution in [0.5, 0.6) is 0 Å². The van der Waals surface area contributed by atoms with E-state index in [-0.39, 0.29) is 0 Å². The van der Waals surface area contributed by atoms with E-state index in [0.717, 1.165) is 18.3 Å². The van der Waals surface area contributed by atoms with E-state index in [1.165, 1.54) is 24.1 Å². The van der Waals surface area contributed by atoms with Crippen molar-refractivity contribution >= 4 is 24.1 Å². The van der Waals surface area contributed by atoms with Crippen molar-refractivity contribution < 1.29 is 8.37 Å². The van der Waals surface area contributed by atoms with Crippen LogP contribution >= 0.6 is 24.1 Å². The lowest BCUT2D eigenvalue weighted by Gasteiger charge is -1.88. The SMILES string of the molecule is C1COSCSO1. The summed E-state index contributed by atoms with van der Waals surface area (Å²) in [6, 6.07) is 0. The summed E-state index contributed by atoms with van der Waals surface area (Å²) in [5.41, 5.74) is 0. The highest BCUT2D eigenvalue weighted by Crippen LogP contribution is 2.17. The van der Waals surface area contributed by atoms with Crippen LogP contribution in [0.1, 0.15) is 0 Å². The second-order valence-corrected chi connectivity index (χ2v) is 2.88. The summed E-state index contributed by atoms with van der Waals surface area (Å²) in [4.78, 5) is 0. The van der Waals surface area contributed by atoms with Gasteiger partial charge < -0.3 is 8.37 Å². The molecule has 0 radical (unpaired) electrons. The summed E-state index contributed by atoms with van der Waals surface area (Å²) >= 11 is 2.91. The summed E-state index contributed by atoms with van der Waals surface area (Å²) < 4.78 is 9.93. The molecule has 0 aromatic rings. The van der Waals surface area contributed by atoms with Crippen molar-refractivity contribution in [1.29, 1.82) is 0 Å². The number of hydrogen-bond acceptors (Lipinski definition) is 4. The molecule has 0 bridgehead atoms. The van der Waals surface area contributed by atoms with Gasteiger partial charge in [0.05, 0.1) is 18.3 Å². The lowest BCUT2D eigenvalue weighted by Crippen LogP contribution is -1.90. The number of hydrogen-bond donors (Lipinski definition) is 0. The van der Waals surface area contributed by atoms with Crippen LogP contribution in [0.15, 0.2) is 0 Å². The van der Waals surface area contributed by atoms with Crippen LogP contribution in [0.3, 0.4) is 0 Å². The molecule has 1 aliphatic rings. The Bertz CT molecular complexity index is 30.5. The van der Waals surface area contributed by atoms with Gasteiger partial charge in [-0.15, -0.1) is 0 Å². The average Bonchev–Trinajstić information content (AvgIpc) is 1.90. The first-order valence-corrected chi connectivity index (χ1v) is 3.81. The van der Waals surface area contributed by atoms with Gasteiger partial charge in [0.1, 0.15) is 0 Å². The zero-order valence-electron chi connectivity index (χ0n) is 3.75. The van der Waals surface area contributed by atoms with E-state index >= 15 is 0 Å². The molecule has 0 amide bonds. The van der Waals surface area contributed by atoms with Gasteiger partial charge in [-0.2, -0.15) is 0 Å². The summed E-state index contributed by atoms with van der Waals surface area (Å²) in [6.45, 7) is 1.44. The van der Waals surface area contributed by atoms with Gasteiger partial charge in [-0.25, -0.2) is 0 Å². The maximum atomic E-state index is 4.97. The molecule has 7 heavy (non-hydrogen) atoms. The van der Waals surface area contributed by atoms with Gasteiger partial charge in [0, 0.05) is 24.1 Å². The Kier molecular flexibility index (Phi) is 2.96. The van der Waals surface area contributed by atoms with Gasteiger partial charge >= 0.3 is 0 Å². The third-order valence-electron chi connectivity index (χ3n) is 0.513. The molecule has 1 saturated heterocycles. The largest absolute Gasteiger partial charge is 0.312 e. The Morgan fingerprint density at radius 1 is 1.00 bits per heavy atom. The van der Waals surface area contributed by atoms with Gasteiger partial charge in [0.15, 0.2) is 0 Å². The molecule has 1 rings (SSSR count). The van der Waals surface area contributed by atoms with Gasteiger partial charge in [-0.05, 0) is 0 Å². The highest BCUT2D eigenvalue weighted by atomic mass is 32.2. The third-order valence-corrected chi connectivity index (χ3v) is 1.95. The Hall–Kier alpha value is 0.620. The molecule has 0 aromatic heterocycles. The molecule has 42 valence electrons. The van der Waals surface area contributed by atoms with Crippen molar-refractivity contribution in [3.05, 3.63) is 0 Å². The first-order chi connectivity index (χ1) is 3.50. The maximum absolute atomic E-state index is 4.97. The highest BCUT2D eigenvalue weighted by molar-refractivity contribution is 8.11. The second kappa shape index (κ2) is 3.60. The molecule has 1 fully saturated rings. The summed E-state index contributed by atoms with van der Waals surface area (Å²) in [6.07, 6.45) is 0. The van der Waals surface area contributed by atoms with Crippen molar-refractivity contribution in [2.75, 3.05) is 18.3 Å². The molecule has 4 heteroatoms. The Morgan fingerprint density at radius 2 is 1.57 bits per heavy atom. The van der Waals surface area contributed by atoms with E-state index in [1.54, 1.807) is 0 Å². The Morgan fingerprint density at radius 3 is 2.14 bits per heavy atom. The minimum Gasteiger partial charge on any atom is -0.312 e. The molecule has 1 heterocycles. The fourth-order valence-electron chi connectivity index (χ4n) is 0.274. The van der Waals surface area contributed by atoms with Crippen molar-refractivity contribution in [3.8, 4) is 0 Å². The van der Waals surface area contributed by atoms with Crippen LogP contribution in [0.25, 0.3) is 0 Å². The van der Waals surface area contributed by atoms with Crippen molar-refractivity contribution in [2.45, 2.75) is 0 Å². The summed E-state index contributed by atoms with van der Waals surface area (Å²) in [7, 11) is 0.